The molecule has 0 saturated heterocycles. The van der Waals surface area contributed by atoms with E-state index in [9.17, 15) is 4.79 Å². The third-order valence-electron chi connectivity index (χ3n) is 2.76. The van der Waals surface area contributed by atoms with Gasteiger partial charge in [0, 0.05) is 6.42 Å². The van der Waals surface area contributed by atoms with E-state index < -0.39 is 0 Å². The number of Topliss-reactive ketones (excluding diaryl/α,β-unsaturated/α-hetero) is 1. The first kappa shape index (κ1) is 13.2. The third-order valence-corrected chi connectivity index (χ3v) is 2.76. The van der Waals surface area contributed by atoms with Crippen LogP contribution in [0.1, 0.15) is 53.9 Å². The fraction of sp³-hybridized carbons (Fsp3) is 0.615. The molecule has 0 radical (unpaired) electrons. The Labute approximate surface area is 87.9 Å². The fourth-order valence-corrected chi connectivity index (χ4v) is 1.25. The summed E-state index contributed by atoms with van der Waals surface area (Å²) in [5.74, 6) is 0.297. The highest BCUT2D eigenvalue weighted by Gasteiger charge is 2.07. The Kier molecular flexibility index (Phi) is 6.18. The summed E-state index contributed by atoms with van der Waals surface area (Å²) in [6.07, 6.45) is 4.82. The van der Waals surface area contributed by atoms with Gasteiger partial charge in [-0.15, -0.1) is 0 Å². The SMILES string of the molecule is C/C=C(C)\C(C)=C(/C)C(=O)CCCC. The molecule has 0 rings (SSSR count). The van der Waals surface area contributed by atoms with Crippen molar-refractivity contribution in [3.05, 3.63) is 22.8 Å². The van der Waals surface area contributed by atoms with E-state index in [0.29, 0.717) is 12.2 Å². The van der Waals surface area contributed by atoms with Crippen LogP contribution in [0.25, 0.3) is 0 Å². The lowest BCUT2D eigenvalue weighted by Crippen LogP contribution is -2.02. The molecule has 1 nitrogen and oxygen atoms in total. The molecule has 0 aromatic carbocycles. The van der Waals surface area contributed by atoms with Crippen LogP contribution >= 0.6 is 0 Å². The van der Waals surface area contributed by atoms with Crippen molar-refractivity contribution in [2.75, 3.05) is 0 Å². The molecule has 0 aliphatic heterocycles. The van der Waals surface area contributed by atoms with Gasteiger partial charge in [0.05, 0.1) is 0 Å². The van der Waals surface area contributed by atoms with E-state index in [1.807, 2.05) is 33.8 Å². The quantitative estimate of drug-likeness (QED) is 0.476. The van der Waals surface area contributed by atoms with E-state index in [2.05, 4.69) is 6.92 Å². The van der Waals surface area contributed by atoms with Crippen molar-refractivity contribution < 1.29 is 4.79 Å². The maximum Gasteiger partial charge on any atom is 0.158 e. The predicted molar refractivity (Wildman–Crippen MR) is 62.3 cm³/mol. The van der Waals surface area contributed by atoms with Crippen molar-refractivity contribution in [3.63, 3.8) is 0 Å². The van der Waals surface area contributed by atoms with Crippen molar-refractivity contribution >= 4 is 5.78 Å². The lowest BCUT2D eigenvalue weighted by atomic mass is 9.98. The molecule has 0 unspecified atom stereocenters. The number of allylic oxidation sites excluding steroid dienone is 4. The second-order valence-corrected chi connectivity index (χ2v) is 3.75. The number of carbonyl (C=O) groups is 1. The summed E-state index contributed by atoms with van der Waals surface area (Å²) in [6, 6.07) is 0. The maximum absolute atomic E-state index is 11.7. The van der Waals surface area contributed by atoms with Crippen LogP contribution in [0.3, 0.4) is 0 Å². The first-order chi connectivity index (χ1) is 6.54. The molecule has 14 heavy (non-hydrogen) atoms. The Balaban J connectivity index is 4.57. The van der Waals surface area contributed by atoms with Gasteiger partial charge in [-0.1, -0.05) is 25.0 Å². The summed E-state index contributed by atoms with van der Waals surface area (Å²) in [5.41, 5.74) is 3.26. The highest BCUT2D eigenvalue weighted by atomic mass is 16.1. The topological polar surface area (TPSA) is 17.1 Å². The summed E-state index contributed by atoms with van der Waals surface area (Å²) >= 11 is 0. The summed E-state index contributed by atoms with van der Waals surface area (Å²) < 4.78 is 0. The molecule has 80 valence electrons. The molecule has 0 bridgehead atoms. The molecular formula is C13H22O. The molecule has 0 amide bonds. The van der Waals surface area contributed by atoms with Gasteiger partial charge in [-0.3, -0.25) is 4.79 Å². The van der Waals surface area contributed by atoms with Gasteiger partial charge >= 0.3 is 0 Å². The zero-order chi connectivity index (χ0) is 11.1. The van der Waals surface area contributed by atoms with Gasteiger partial charge in [0.25, 0.3) is 0 Å². The Hall–Kier alpha value is -0.850. The lowest BCUT2D eigenvalue weighted by molar-refractivity contribution is -0.115. The number of hydrogen-bond acceptors (Lipinski definition) is 1. The molecule has 0 saturated carbocycles. The van der Waals surface area contributed by atoms with E-state index in [4.69, 9.17) is 0 Å². The standard InChI is InChI=1S/C13H22O/c1-6-8-9-13(14)12(5)11(4)10(3)7-2/h7H,6,8-9H2,1-5H3/b10-7-,12-11+. The first-order valence-electron chi connectivity index (χ1n) is 5.38. The fourth-order valence-electron chi connectivity index (χ4n) is 1.25. The van der Waals surface area contributed by atoms with E-state index in [1.54, 1.807) is 0 Å². The van der Waals surface area contributed by atoms with Crippen LogP contribution in [0, 0.1) is 0 Å². The van der Waals surface area contributed by atoms with Crippen molar-refractivity contribution in [2.24, 2.45) is 0 Å². The minimum absolute atomic E-state index is 0.297. The highest BCUT2D eigenvalue weighted by Crippen LogP contribution is 2.16. The minimum atomic E-state index is 0.297. The van der Waals surface area contributed by atoms with E-state index in [1.165, 1.54) is 5.57 Å². The predicted octanol–water partition coefficient (Wildman–Crippen LogP) is 4.05. The van der Waals surface area contributed by atoms with Gasteiger partial charge in [-0.05, 0) is 45.3 Å². The molecule has 0 N–H and O–H groups in total. The molecular weight excluding hydrogens is 172 g/mol. The van der Waals surface area contributed by atoms with E-state index in [0.717, 1.165) is 24.0 Å². The molecule has 0 atom stereocenters. The normalized spacial score (nSPS) is 13.9. The van der Waals surface area contributed by atoms with Crippen LogP contribution in [0.2, 0.25) is 0 Å². The highest BCUT2D eigenvalue weighted by molar-refractivity contribution is 5.96. The Bertz CT molecular complexity index is 256. The van der Waals surface area contributed by atoms with Crippen LogP contribution in [0.4, 0.5) is 0 Å². The van der Waals surface area contributed by atoms with Gasteiger partial charge in [-0.2, -0.15) is 0 Å². The Morgan fingerprint density at radius 3 is 2.14 bits per heavy atom. The van der Waals surface area contributed by atoms with Crippen molar-refractivity contribution in [1.82, 2.24) is 0 Å². The summed E-state index contributed by atoms with van der Waals surface area (Å²) in [6.45, 7) is 10.1. The Morgan fingerprint density at radius 1 is 1.14 bits per heavy atom. The lowest BCUT2D eigenvalue weighted by Gasteiger charge is -2.06. The number of unbranched alkanes of at least 4 members (excludes halogenated alkanes) is 1. The van der Waals surface area contributed by atoms with Crippen LogP contribution < -0.4 is 0 Å². The number of hydrogen-bond donors (Lipinski definition) is 0. The monoisotopic (exact) mass is 194 g/mol. The van der Waals surface area contributed by atoms with E-state index in [-0.39, 0.29) is 0 Å². The van der Waals surface area contributed by atoms with Gasteiger partial charge in [0.15, 0.2) is 5.78 Å². The molecule has 0 heterocycles. The molecule has 0 aromatic rings. The number of rotatable bonds is 5. The summed E-state index contributed by atoms with van der Waals surface area (Å²) in [5, 5.41) is 0. The largest absolute Gasteiger partial charge is 0.295 e. The van der Waals surface area contributed by atoms with E-state index >= 15 is 0 Å². The maximum atomic E-state index is 11.7. The summed E-state index contributed by atoms with van der Waals surface area (Å²) in [7, 11) is 0. The average Bonchev–Trinajstić information content (AvgIpc) is 2.22. The first-order valence-corrected chi connectivity index (χ1v) is 5.38. The zero-order valence-electron chi connectivity index (χ0n) is 10.1. The molecule has 0 aliphatic rings. The van der Waals surface area contributed by atoms with Crippen molar-refractivity contribution in [2.45, 2.75) is 53.9 Å². The van der Waals surface area contributed by atoms with Crippen LogP contribution in [-0.4, -0.2) is 5.78 Å². The third kappa shape index (κ3) is 3.91. The second kappa shape index (κ2) is 6.58. The molecule has 1 heteroatoms. The summed E-state index contributed by atoms with van der Waals surface area (Å²) in [4.78, 5) is 11.7. The zero-order valence-corrected chi connectivity index (χ0v) is 10.1. The van der Waals surface area contributed by atoms with Crippen LogP contribution in [0.5, 0.6) is 0 Å². The second-order valence-electron chi connectivity index (χ2n) is 3.75. The number of ketones is 1. The molecule has 0 fully saturated rings. The average molecular weight is 194 g/mol. The van der Waals surface area contributed by atoms with Gasteiger partial charge in [0.1, 0.15) is 0 Å². The number of carbonyl (C=O) groups excluding carboxylic acids is 1. The minimum Gasteiger partial charge on any atom is -0.295 e. The molecule has 0 aromatic heterocycles. The van der Waals surface area contributed by atoms with Crippen molar-refractivity contribution in [1.29, 1.82) is 0 Å². The van der Waals surface area contributed by atoms with Gasteiger partial charge < -0.3 is 0 Å². The van der Waals surface area contributed by atoms with Crippen LogP contribution in [-0.2, 0) is 4.79 Å². The molecule has 0 spiro atoms. The van der Waals surface area contributed by atoms with Crippen molar-refractivity contribution in [3.8, 4) is 0 Å². The van der Waals surface area contributed by atoms with Gasteiger partial charge in [0.2, 0.25) is 0 Å². The Morgan fingerprint density at radius 2 is 1.71 bits per heavy atom. The van der Waals surface area contributed by atoms with Gasteiger partial charge in [-0.25, -0.2) is 0 Å². The molecule has 0 aliphatic carbocycles. The van der Waals surface area contributed by atoms with Crippen LogP contribution in [0.15, 0.2) is 22.8 Å². The smallest absolute Gasteiger partial charge is 0.158 e.